The number of nitrogens with one attached hydrogen (secondary N) is 1. The molecule has 0 aromatic heterocycles. The molecule has 3 rings (SSSR count). The first kappa shape index (κ1) is 11.0. The molecule has 3 aliphatic carbocycles. The molecule has 0 spiro atoms. The van der Waals surface area contributed by atoms with Gasteiger partial charge in [-0.2, -0.15) is 0 Å². The minimum Gasteiger partial charge on any atom is -0.368 e. The highest BCUT2D eigenvalue weighted by Gasteiger charge is 2.44. The molecule has 1 fully saturated rings. The first-order chi connectivity index (χ1) is 8.62. The van der Waals surface area contributed by atoms with Gasteiger partial charge in [0, 0.05) is 5.57 Å². The summed E-state index contributed by atoms with van der Waals surface area (Å²) in [6.07, 6.45) is 11.7. The minimum atomic E-state index is -0.826. The lowest BCUT2D eigenvalue weighted by Gasteiger charge is -2.39. The molecule has 0 atom stereocenters. The van der Waals surface area contributed by atoms with Gasteiger partial charge in [-0.3, -0.25) is 9.59 Å². The Hall–Kier alpha value is -2.10. The Labute approximate surface area is 105 Å². The average Bonchev–Trinajstić information content (AvgIpc) is 2.83. The highest BCUT2D eigenvalue weighted by Crippen LogP contribution is 2.34. The van der Waals surface area contributed by atoms with Crippen LogP contribution in [0.2, 0.25) is 0 Å². The predicted molar refractivity (Wildman–Crippen MR) is 67.3 cm³/mol. The van der Waals surface area contributed by atoms with Gasteiger partial charge in [0.15, 0.2) is 0 Å². The Balaban J connectivity index is 1.83. The molecular weight excluding hydrogens is 228 g/mol. The zero-order chi connectivity index (χ0) is 12.8. The molecule has 4 heteroatoms. The molecule has 3 aliphatic rings. The lowest BCUT2D eigenvalue weighted by Crippen LogP contribution is -2.61. The second-order valence-electron chi connectivity index (χ2n) is 4.90. The van der Waals surface area contributed by atoms with Crippen molar-refractivity contribution < 1.29 is 9.59 Å². The molecule has 18 heavy (non-hydrogen) atoms. The third-order valence-electron chi connectivity index (χ3n) is 3.85. The van der Waals surface area contributed by atoms with E-state index >= 15 is 0 Å². The van der Waals surface area contributed by atoms with Crippen LogP contribution in [0.3, 0.4) is 0 Å². The van der Waals surface area contributed by atoms with Crippen molar-refractivity contribution in [3.05, 3.63) is 47.1 Å². The summed E-state index contributed by atoms with van der Waals surface area (Å²) in [6, 6.07) is 0. The van der Waals surface area contributed by atoms with Crippen LogP contribution < -0.4 is 11.1 Å². The minimum absolute atomic E-state index is 0.213. The van der Waals surface area contributed by atoms with E-state index in [4.69, 9.17) is 5.73 Å². The van der Waals surface area contributed by atoms with Gasteiger partial charge in [0.2, 0.25) is 5.91 Å². The van der Waals surface area contributed by atoms with Crippen LogP contribution in [-0.4, -0.2) is 17.4 Å². The highest BCUT2D eigenvalue weighted by molar-refractivity contribution is 6.03. The van der Waals surface area contributed by atoms with E-state index in [-0.39, 0.29) is 5.91 Å². The smallest absolute Gasteiger partial charge is 0.252 e. The molecule has 0 aliphatic heterocycles. The van der Waals surface area contributed by atoms with Gasteiger partial charge in [0.25, 0.3) is 5.91 Å². The number of nitrogens with two attached hydrogens (primary N) is 1. The summed E-state index contributed by atoms with van der Waals surface area (Å²) in [6.45, 7) is 0. The van der Waals surface area contributed by atoms with Crippen LogP contribution in [0.1, 0.15) is 19.3 Å². The maximum absolute atomic E-state index is 12.2. The molecule has 2 amide bonds. The van der Waals surface area contributed by atoms with Gasteiger partial charge in [-0.25, -0.2) is 0 Å². The molecule has 3 N–H and O–H groups in total. The van der Waals surface area contributed by atoms with E-state index in [9.17, 15) is 9.59 Å². The lowest BCUT2D eigenvalue weighted by molar-refractivity contribution is -0.133. The number of hydrogen-bond acceptors (Lipinski definition) is 2. The van der Waals surface area contributed by atoms with Crippen LogP contribution in [0.15, 0.2) is 47.1 Å². The molecule has 0 aromatic rings. The van der Waals surface area contributed by atoms with E-state index in [0.717, 1.165) is 17.6 Å². The van der Waals surface area contributed by atoms with Crippen molar-refractivity contribution in [1.82, 2.24) is 5.32 Å². The summed E-state index contributed by atoms with van der Waals surface area (Å²) in [7, 11) is 0. The standard InChI is InChI=1S/C14H14N2O2/c15-13(18)14(7-2-8-14)16-12(17)11-6-5-9-3-1-4-10(9)11/h1,3-6H,2,7-8H2,(H2,15,18)(H,16,17). The maximum Gasteiger partial charge on any atom is 0.252 e. The van der Waals surface area contributed by atoms with Crippen LogP contribution in [0, 0.1) is 0 Å². The van der Waals surface area contributed by atoms with E-state index in [2.05, 4.69) is 5.32 Å². The Morgan fingerprint density at radius 2 is 2.00 bits per heavy atom. The van der Waals surface area contributed by atoms with Crippen LogP contribution >= 0.6 is 0 Å². The van der Waals surface area contributed by atoms with Crippen LogP contribution in [0.4, 0.5) is 0 Å². The Bertz CT molecular complexity index is 560. The van der Waals surface area contributed by atoms with Gasteiger partial charge in [0.05, 0.1) is 0 Å². The van der Waals surface area contributed by atoms with Gasteiger partial charge in [-0.05, 0) is 36.5 Å². The summed E-state index contributed by atoms with van der Waals surface area (Å²) in [5.41, 5.74) is 7.13. The molecule has 0 aromatic carbocycles. The van der Waals surface area contributed by atoms with E-state index in [1.54, 1.807) is 6.08 Å². The topological polar surface area (TPSA) is 72.2 Å². The molecule has 1 saturated carbocycles. The third-order valence-corrected chi connectivity index (χ3v) is 3.85. The molecule has 0 bridgehead atoms. The molecular formula is C14H14N2O2. The van der Waals surface area contributed by atoms with E-state index < -0.39 is 11.4 Å². The van der Waals surface area contributed by atoms with Gasteiger partial charge in [-0.1, -0.05) is 24.3 Å². The number of rotatable bonds is 3. The quantitative estimate of drug-likeness (QED) is 0.771. The maximum atomic E-state index is 12.2. The fraction of sp³-hybridized carbons (Fsp3) is 0.286. The SMILES string of the molecule is NC(=O)C1(NC(=O)C2=C3C=CC=C3C=C2)CCC1. The van der Waals surface area contributed by atoms with E-state index in [1.807, 2.05) is 24.3 Å². The van der Waals surface area contributed by atoms with Gasteiger partial charge in [-0.15, -0.1) is 0 Å². The average molecular weight is 242 g/mol. The third kappa shape index (κ3) is 1.45. The zero-order valence-corrected chi connectivity index (χ0v) is 9.90. The number of carbonyl (C=O) groups is 2. The highest BCUT2D eigenvalue weighted by atomic mass is 16.2. The number of amides is 2. The van der Waals surface area contributed by atoms with E-state index in [0.29, 0.717) is 18.4 Å². The van der Waals surface area contributed by atoms with Crippen molar-refractivity contribution in [2.75, 3.05) is 0 Å². The Kier molecular flexibility index (Phi) is 2.26. The predicted octanol–water partition coefficient (Wildman–Crippen LogP) is 0.873. The van der Waals surface area contributed by atoms with Crippen molar-refractivity contribution >= 4 is 11.8 Å². The summed E-state index contributed by atoms with van der Waals surface area (Å²) >= 11 is 0. The fourth-order valence-electron chi connectivity index (χ4n) is 2.53. The lowest BCUT2D eigenvalue weighted by atomic mass is 9.76. The normalized spacial score (nSPS) is 22.6. The monoisotopic (exact) mass is 242 g/mol. The fourth-order valence-corrected chi connectivity index (χ4v) is 2.53. The van der Waals surface area contributed by atoms with Gasteiger partial charge >= 0.3 is 0 Å². The molecule has 0 unspecified atom stereocenters. The van der Waals surface area contributed by atoms with Crippen LogP contribution in [0.25, 0.3) is 0 Å². The first-order valence-corrected chi connectivity index (χ1v) is 6.06. The molecule has 0 radical (unpaired) electrons. The Morgan fingerprint density at radius 1 is 1.22 bits per heavy atom. The molecule has 0 saturated heterocycles. The van der Waals surface area contributed by atoms with Crippen LogP contribution in [0.5, 0.6) is 0 Å². The second kappa shape index (κ2) is 3.70. The number of carbonyl (C=O) groups excluding carboxylic acids is 2. The van der Waals surface area contributed by atoms with Gasteiger partial charge in [0.1, 0.15) is 5.54 Å². The van der Waals surface area contributed by atoms with Crippen molar-refractivity contribution in [1.29, 1.82) is 0 Å². The van der Waals surface area contributed by atoms with Crippen molar-refractivity contribution in [3.63, 3.8) is 0 Å². The number of allylic oxidation sites excluding steroid dienone is 6. The molecule has 0 heterocycles. The second-order valence-corrected chi connectivity index (χ2v) is 4.90. The Morgan fingerprint density at radius 3 is 2.61 bits per heavy atom. The van der Waals surface area contributed by atoms with E-state index in [1.165, 1.54) is 0 Å². The number of hydrogen-bond donors (Lipinski definition) is 2. The number of fused-ring (bicyclic) bond motifs is 1. The molecule has 4 nitrogen and oxygen atoms in total. The summed E-state index contributed by atoms with van der Waals surface area (Å²) in [5, 5.41) is 2.80. The van der Waals surface area contributed by atoms with Crippen molar-refractivity contribution in [2.24, 2.45) is 5.73 Å². The summed E-state index contributed by atoms with van der Waals surface area (Å²) in [5.74, 6) is -0.651. The first-order valence-electron chi connectivity index (χ1n) is 6.06. The van der Waals surface area contributed by atoms with Gasteiger partial charge < -0.3 is 11.1 Å². The summed E-state index contributed by atoms with van der Waals surface area (Å²) < 4.78 is 0. The number of primary amides is 1. The van der Waals surface area contributed by atoms with Crippen LogP contribution in [-0.2, 0) is 9.59 Å². The molecule has 92 valence electrons. The zero-order valence-electron chi connectivity index (χ0n) is 9.90. The summed E-state index contributed by atoms with van der Waals surface area (Å²) in [4.78, 5) is 23.6. The van der Waals surface area contributed by atoms with Crippen molar-refractivity contribution in [2.45, 2.75) is 24.8 Å². The largest absolute Gasteiger partial charge is 0.368 e. The van der Waals surface area contributed by atoms with Crippen molar-refractivity contribution in [3.8, 4) is 0 Å².